The third-order valence-corrected chi connectivity index (χ3v) is 11.3. The van der Waals surface area contributed by atoms with Crippen LogP contribution in [0, 0.1) is 13.8 Å². The molecule has 8 rings (SSSR count). The Bertz CT molecular complexity index is 3210. The smallest absolute Gasteiger partial charge is 0.149 e. The van der Waals surface area contributed by atoms with Crippen molar-refractivity contribution in [1.82, 2.24) is 14.5 Å². The molecule has 0 atom stereocenters. The van der Waals surface area contributed by atoms with Crippen molar-refractivity contribution < 1.29 is 17.4 Å². The van der Waals surface area contributed by atoms with Gasteiger partial charge < -0.3 is 5.11 Å². The van der Waals surface area contributed by atoms with Crippen molar-refractivity contribution in [3.05, 3.63) is 167 Å². The second kappa shape index (κ2) is 15.1. The van der Waals surface area contributed by atoms with Gasteiger partial charge in [0.05, 0.1) is 28.0 Å². The van der Waals surface area contributed by atoms with Gasteiger partial charge in [-0.25, -0.2) is 4.98 Å². The minimum atomic E-state index is -3.09. The number of pyridine rings is 1. The highest BCUT2D eigenvalue weighted by atomic mass is 16.3. The summed E-state index contributed by atoms with van der Waals surface area (Å²) in [5.74, 6) is -0.484. The average Bonchev–Trinajstić information content (AvgIpc) is 3.67. The normalized spacial score (nSPS) is 15.2. The van der Waals surface area contributed by atoms with Crippen LogP contribution in [0.1, 0.15) is 102 Å². The van der Waals surface area contributed by atoms with Crippen molar-refractivity contribution in [3.8, 4) is 67.5 Å². The molecule has 0 aliphatic heterocycles. The molecule has 0 fully saturated rings. The Morgan fingerprint density at radius 3 is 1.93 bits per heavy atom. The third-order valence-electron chi connectivity index (χ3n) is 11.3. The Hall–Kier alpha value is -6.26. The van der Waals surface area contributed by atoms with Crippen LogP contribution in [-0.2, 0) is 16.2 Å². The fourth-order valence-corrected chi connectivity index (χ4v) is 7.79. The number of benzene rings is 6. The fraction of sp³-hybridized carbons (Fsp3) is 0.250. The van der Waals surface area contributed by atoms with E-state index >= 15 is 0 Å². The second-order valence-corrected chi connectivity index (χ2v) is 18.2. The molecule has 4 nitrogen and oxygen atoms in total. The van der Waals surface area contributed by atoms with E-state index in [0.717, 1.165) is 51.6 Å². The van der Waals surface area contributed by atoms with Gasteiger partial charge in [-0.15, -0.1) is 0 Å². The second-order valence-electron chi connectivity index (χ2n) is 18.2. The molecular formula is C56H57N3O. The molecule has 60 heavy (non-hydrogen) atoms. The van der Waals surface area contributed by atoms with Crippen LogP contribution in [-0.4, -0.2) is 19.6 Å². The fourth-order valence-electron chi connectivity index (χ4n) is 7.79. The van der Waals surface area contributed by atoms with Crippen molar-refractivity contribution in [2.45, 2.75) is 92.2 Å². The van der Waals surface area contributed by atoms with E-state index in [-0.39, 0.29) is 33.6 Å². The average molecular weight is 797 g/mol. The molecule has 2 heterocycles. The first-order valence-electron chi connectivity index (χ1n) is 24.9. The number of nitrogens with zero attached hydrogens (tertiary/aromatic N) is 3. The zero-order chi connectivity index (χ0) is 50.2. The maximum Gasteiger partial charge on any atom is 0.149 e. The van der Waals surface area contributed by atoms with Crippen molar-refractivity contribution in [3.63, 3.8) is 0 Å². The van der Waals surface area contributed by atoms with Gasteiger partial charge in [0.2, 0.25) is 0 Å². The van der Waals surface area contributed by atoms with E-state index in [0.29, 0.717) is 27.7 Å². The first-order chi connectivity index (χ1) is 32.1. The highest BCUT2D eigenvalue weighted by Gasteiger charge is 2.29. The Balaban J connectivity index is 1.48. The van der Waals surface area contributed by atoms with E-state index < -0.39 is 37.1 Å². The molecule has 0 radical (unpaired) electrons. The van der Waals surface area contributed by atoms with Crippen molar-refractivity contribution in [1.29, 1.82) is 0 Å². The van der Waals surface area contributed by atoms with E-state index in [4.69, 9.17) is 22.3 Å². The van der Waals surface area contributed by atoms with Crippen molar-refractivity contribution >= 4 is 11.0 Å². The number of aromatic hydroxyl groups is 1. The zero-order valence-electron chi connectivity index (χ0n) is 44.6. The van der Waals surface area contributed by atoms with E-state index in [1.807, 2.05) is 87.6 Å². The van der Waals surface area contributed by atoms with Gasteiger partial charge in [-0.05, 0) is 123 Å². The van der Waals surface area contributed by atoms with Gasteiger partial charge in [-0.3, -0.25) is 9.55 Å². The van der Waals surface area contributed by atoms with E-state index in [2.05, 4.69) is 76.2 Å². The number of rotatable bonds is 6. The van der Waals surface area contributed by atoms with Gasteiger partial charge in [0.15, 0.2) is 0 Å². The summed E-state index contributed by atoms with van der Waals surface area (Å²) in [6.45, 7) is 6.52. The number of fused-ring (bicyclic) bond motifs is 1. The molecule has 0 aliphatic rings. The monoisotopic (exact) mass is 797 g/mol. The Kier molecular flexibility index (Phi) is 7.73. The highest BCUT2D eigenvalue weighted by Crippen LogP contribution is 2.45. The summed E-state index contributed by atoms with van der Waals surface area (Å²) in [5, 5.41) is 12.6. The lowest BCUT2D eigenvalue weighted by Crippen LogP contribution is -2.17. The molecule has 302 valence electrons. The topological polar surface area (TPSA) is 50.9 Å². The summed E-state index contributed by atoms with van der Waals surface area (Å²) in [4.78, 5) is 10.2. The Morgan fingerprint density at radius 1 is 0.567 bits per heavy atom. The molecule has 0 spiro atoms. The number of imidazole rings is 1. The Labute approximate surface area is 369 Å². The zero-order valence-corrected chi connectivity index (χ0v) is 35.6. The van der Waals surface area contributed by atoms with Crippen LogP contribution in [0.15, 0.2) is 140 Å². The number of hydrogen-bond acceptors (Lipinski definition) is 3. The molecule has 4 heteroatoms. The van der Waals surface area contributed by atoms with Gasteiger partial charge in [-0.1, -0.05) is 153 Å². The molecule has 6 aromatic carbocycles. The van der Waals surface area contributed by atoms with Crippen molar-refractivity contribution in [2.24, 2.45) is 0 Å². The number of aryl methyl sites for hydroxylation is 2. The standard InChI is InChI=1S/C56H57N3O/c1-35-20-22-38(23-21-35)40-26-27-57-48(32-40)42-29-41(30-43(31-42)54(3,4)5)45-18-15-19-50-51(45)58-53(46-33-44(55(6,7)8)34-47(52(46)60)56(9,10)11)59(50)49-25-24-39(28-36(49)2)37-16-13-12-14-17-37/h12-34,60H,1-11H3/i2D3,9D3,10D3. The predicted octanol–water partition coefficient (Wildman–Crippen LogP) is 15.0. The quantitative estimate of drug-likeness (QED) is 0.182. The van der Waals surface area contributed by atoms with Gasteiger partial charge >= 0.3 is 0 Å². The van der Waals surface area contributed by atoms with Crippen LogP contribution in [0.25, 0.3) is 72.7 Å². The minimum absolute atomic E-state index is 0.00728. The van der Waals surface area contributed by atoms with E-state index in [9.17, 15) is 5.11 Å². The van der Waals surface area contributed by atoms with Crippen LogP contribution in [0.3, 0.4) is 0 Å². The summed E-state index contributed by atoms with van der Waals surface area (Å²) >= 11 is 0. The summed E-state index contributed by atoms with van der Waals surface area (Å²) in [6, 6.07) is 42.3. The Morgan fingerprint density at radius 2 is 1.23 bits per heavy atom. The van der Waals surface area contributed by atoms with Crippen molar-refractivity contribution in [2.75, 3.05) is 0 Å². The molecule has 0 saturated heterocycles. The van der Waals surface area contributed by atoms with Crippen LogP contribution >= 0.6 is 0 Å². The molecule has 8 aromatic rings. The largest absolute Gasteiger partial charge is 0.507 e. The highest BCUT2D eigenvalue weighted by molar-refractivity contribution is 5.97. The summed E-state index contributed by atoms with van der Waals surface area (Å²) in [5.41, 5.74) is 6.92. The molecule has 0 saturated carbocycles. The number of aromatic nitrogens is 3. The predicted molar refractivity (Wildman–Crippen MR) is 253 cm³/mol. The molecule has 2 aromatic heterocycles. The van der Waals surface area contributed by atoms with Crippen LogP contribution in [0.4, 0.5) is 0 Å². The maximum atomic E-state index is 12.6. The first kappa shape index (κ1) is 30.7. The maximum absolute atomic E-state index is 12.6. The molecule has 0 bridgehead atoms. The lowest BCUT2D eigenvalue weighted by Gasteiger charge is -2.27. The minimum Gasteiger partial charge on any atom is -0.507 e. The van der Waals surface area contributed by atoms with E-state index in [1.54, 1.807) is 22.8 Å². The molecule has 0 unspecified atom stereocenters. The van der Waals surface area contributed by atoms with Gasteiger partial charge in [-0.2, -0.15) is 0 Å². The molecule has 1 N–H and O–H groups in total. The third kappa shape index (κ3) is 7.79. The number of phenolic OH excluding ortho intramolecular Hbond substituents is 1. The summed E-state index contributed by atoms with van der Waals surface area (Å²) in [6.07, 6.45) is 1.81. The molecular weight excluding hydrogens is 731 g/mol. The van der Waals surface area contributed by atoms with Crippen LogP contribution in [0.2, 0.25) is 0 Å². The molecule has 0 amide bonds. The number of hydrogen-bond donors (Lipinski definition) is 1. The SMILES string of the molecule is [2H]C([2H])([2H])c1cc(-c2ccccc2)ccc1-n1c(-c2cc(C(C)(C)C)cc(C(C)(C([2H])([2H])[2H])C([2H])([2H])[2H])c2O)nc2c(-c3cc(-c4cc(-c5ccc(C)cc5)ccn4)cc(C(C)(C)C)c3)cccc21. The first-order valence-corrected chi connectivity index (χ1v) is 20.4. The molecule has 0 aliphatic carbocycles. The lowest BCUT2D eigenvalue weighted by molar-refractivity contribution is 0.446. The number of phenols is 1. The lowest BCUT2D eigenvalue weighted by atomic mass is 9.79. The van der Waals surface area contributed by atoms with Crippen LogP contribution in [0.5, 0.6) is 5.75 Å². The summed E-state index contributed by atoms with van der Waals surface area (Å²) < 4.78 is 80.3. The summed E-state index contributed by atoms with van der Waals surface area (Å²) in [7, 11) is 0. The van der Waals surface area contributed by atoms with Gasteiger partial charge in [0, 0.05) is 35.2 Å². The van der Waals surface area contributed by atoms with Crippen LogP contribution < -0.4 is 0 Å². The van der Waals surface area contributed by atoms with E-state index in [1.165, 1.54) is 6.07 Å². The number of para-hydroxylation sites is 1. The van der Waals surface area contributed by atoms with Gasteiger partial charge in [0.1, 0.15) is 11.6 Å². The van der Waals surface area contributed by atoms with Gasteiger partial charge in [0.25, 0.3) is 0 Å².